The predicted molar refractivity (Wildman–Crippen MR) is 112 cm³/mol. The van der Waals surface area contributed by atoms with Gasteiger partial charge in [0.2, 0.25) is 0 Å². The highest BCUT2D eigenvalue weighted by molar-refractivity contribution is 6.03. The van der Waals surface area contributed by atoms with Crippen molar-refractivity contribution in [3.8, 4) is 33.4 Å². The first-order valence-corrected chi connectivity index (χ1v) is 8.64. The van der Waals surface area contributed by atoms with Crippen LogP contribution in [-0.4, -0.2) is 0 Å². The first-order valence-electron chi connectivity index (χ1n) is 8.64. The van der Waals surface area contributed by atoms with E-state index in [1.54, 1.807) is 0 Å². The summed E-state index contributed by atoms with van der Waals surface area (Å²) in [6.45, 7) is 0. The Kier molecular flexibility index (Phi) is 4.16. The summed E-state index contributed by atoms with van der Waals surface area (Å²) in [4.78, 5) is 0. The van der Waals surface area contributed by atoms with Crippen LogP contribution in [0.25, 0.3) is 33.4 Å². The second-order valence-electron chi connectivity index (χ2n) is 6.28. The molecule has 0 unspecified atom stereocenters. The average molecular weight is 336 g/mol. The predicted octanol–water partition coefficient (Wildman–Crippen LogP) is 5.85. The van der Waals surface area contributed by atoms with Gasteiger partial charge in [-0.15, -0.1) is 0 Å². The molecule has 0 aromatic heterocycles. The van der Waals surface area contributed by atoms with Gasteiger partial charge in [-0.25, -0.2) is 0 Å². The Balaban J connectivity index is 2.06. The van der Waals surface area contributed by atoms with E-state index >= 15 is 0 Å². The highest BCUT2D eigenvalue weighted by atomic mass is 14.6. The van der Waals surface area contributed by atoms with Crippen molar-refractivity contribution in [1.82, 2.24) is 0 Å². The normalized spacial score (nSPS) is 10.6. The molecule has 0 amide bonds. The Morgan fingerprint density at radius 1 is 0.462 bits per heavy atom. The van der Waals surface area contributed by atoms with Crippen molar-refractivity contribution in [1.29, 1.82) is 0 Å². The minimum atomic E-state index is 0.725. The third kappa shape index (κ3) is 2.82. The second-order valence-corrected chi connectivity index (χ2v) is 6.28. The molecule has 4 aromatic carbocycles. The van der Waals surface area contributed by atoms with Crippen LogP contribution in [0.15, 0.2) is 97.1 Å². The molecule has 4 N–H and O–H groups in total. The van der Waals surface area contributed by atoms with Crippen molar-refractivity contribution in [2.24, 2.45) is 0 Å². The van der Waals surface area contributed by atoms with Crippen LogP contribution < -0.4 is 11.5 Å². The van der Waals surface area contributed by atoms with Gasteiger partial charge in [-0.3, -0.25) is 0 Å². The van der Waals surface area contributed by atoms with Gasteiger partial charge in [0.1, 0.15) is 0 Å². The molecule has 0 aliphatic carbocycles. The number of nitrogen functional groups attached to an aromatic ring is 2. The minimum Gasteiger partial charge on any atom is -0.398 e. The van der Waals surface area contributed by atoms with E-state index in [-0.39, 0.29) is 0 Å². The van der Waals surface area contributed by atoms with E-state index in [1.165, 1.54) is 0 Å². The Bertz CT molecular complexity index is 1020. The van der Waals surface area contributed by atoms with Gasteiger partial charge in [0.15, 0.2) is 0 Å². The highest BCUT2D eigenvalue weighted by Gasteiger charge is 2.18. The Morgan fingerprint density at radius 3 is 1.38 bits per heavy atom. The van der Waals surface area contributed by atoms with Gasteiger partial charge in [0.25, 0.3) is 0 Å². The van der Waals surface area contributed by atoms with E-state index in [0.717, 1.165) is 44.8 Å². The molecule has 126 valence electrons. The van der Waals surface area contributed by atoms with Crippen molar-refractivity contribution >= 4 is 11.4 Å². The van der Waals surface area contributed by atoms with Gasteiger partial charge in [-0.1, -0.05) is 91.0 Å². The molecule has 2 nitrogen and oxygen atoms in total. The molecule has 0 bridgehead atoms. The van der Waals surface area contributed by atoms with Crippen LogP contribution >= 0.6 is 0 Å². The first-order chi connectivity index (χ1) is 12.8. The summed E-state index contributed by atoms with van der Waals surface area (Å²) in [6.07, 6.45) is 0. The van der Waals surface area contributed by atoms with Crippen LogP contribution in [0.2, 0.25) is 0 Å². The fourth-order valence-corrected chi connectivity index (χ4v) is 3.40. The molecule has 4 rings (SSSR count). The van der Waals surface area contributed by atoms with Crippen molar-refractivity contribution < 1.29 is 0 Å². The molecule has 4 aromatic rings. The maximum Gasteiger partial charge on any atom is 0.0481 e. The molecule has 0 aliphatic heterocycles. The maximum atomic E-state index is 6.70. The summed E-state index contributed by atoms with van der Waals surface area (Å²) in [7, 11) is 0. The van der Waals surface area contributed by atoms with Gasteiger partial charge >= 0.3 is 0 Å². The van der Waals surface area contributed by atoms with Crippen LogP contribution in [-0.2, 0) is 0 Å². The molecular formula is C24H20N2. The zero-order chi connectivity index (χ0) is 17.9. The SMILES string of the molecule is Nc1cc(-c2ccccc2)c(N)c(-c2ccccc2)c1-c1ccccc1. The van der Waals surface area contributed by atoms with E-state index in [9.17, 15) is 0 Å². The average Bonchev–Trinajstić information content (AvgIpc) is 2.71. The zero-order valence-electron chi connectivity index (χ0n) is 14.4. The molecular weight excluding hydrogens is 316 g/mol. The summed E-state index contributed by atoms with van der Waals surface area (Å²) in [5, 5.41) is 0. The fraction of sp³-hybridized carbons (Fsp3) is 0. The minimum absolute atomic E-state index is 0.725. The Morgan fingerprint density at radius 2 is 0.885 bits per heavy atom. The monoisotopic (exact) mass is 336 g/mol. The lowest BCUT2D eigenvalue weighted by Crippen LogP contribution is -2.01. The van der Waals surface area contributed by atoms with Crippen LogP contribution in [0.3, 0.4) is 0 Å². The van der Waals surface area contributed by atoms with E-state index in [0.29, 0.717) is 0 Å². The van der Waals surface area contributed by atoms with E-state index < -0.39 is 0 Å². The molecule has 0 atom stereocenters. The molecule has 0 spiro atoms. The summed E-state index contributed by atoms with van der Waals surface area (Å²) < 4.78 is 0. The van der Waals surface area contributed by atoms with Gasteiger partial charge in [0, 0.05) is 28.1 Å². The molecule has 0 radical (unpaired) electrons. The number of hydrogen-bond donors (Lipinski definition) is 2. The maximum absolute atomic E-state index is 6.70. The van der Waals surface area contributed by atoms with Crippen LogP contribution in [0.5, 0.6) is 0 Å². The molecule has 0 saturated heterocycles. The summed E-state index contributed by atoms with van der Waals surface area (Å²) in [6, 6.07) is 32.5. The second kappa shape index (κ2) is 6.77. The zero-order valence-corrected chi connectivity index (χ0v) is 14.4. The van der Waals surface area contributed by atoms with Crippen molar-refractivity contribution in [3.05, 3.63) is 97.1 Å². The lowest BCUT2D eigenvalue weighted by Gasteiger charge is -2.19. The lowest BCUT2D eigenvalue weighted by atomic mass is 9.87. The topological polar surface area (TPSA) is 52.0 Å². The highest BCUT2D eigenvalue weighted by Crippen LogP contribution is 2.45. The molecule has 0 fully saturated rings. The van der Waals surface area contributed by atoms with Gasteiger partial charge < -0.3 is 11.5 Å². The smallest absolute Gasteiger partial charge is 0.0481 e. The standard InChI is InChI=1S/C24H20N2/c25-21-16-20(17-10-4-1-5-11-17)24(26)23(19-14-8-3-9-15-19)22(21)18-12-6-2-7-13-18/h1-16H,25-26H2. The molecule has 0 saturated carbocycles. The molecule has 26 heavy (non-hydrogen) atoms. The van der Waals surface area contributed by atoms with Crippen molar-refractivity contribution in [2.45, 2.75) is 0 Å². The van der Waals surface area contributed by atoms with Gasteiger partial charge in [-0.2, -0.15) is 0 Å². The van der Waals surface area contributed by atoms with Gasteiger partial charge in [-0.05, 0) is 22.8 Å². The van der Waals surface area contributed by atoms with E-state index in [1.807, 2.05) is 60.7 Å². The number of benzene rings is 4. The fourth-order valence-electron chi connectivity index (χ4n) is 3.40. The van der Waals surface area contributed by atoms with E-state index in [4.69, 9.17) is 11.5 Å². The molecule has 0 heterocycles. The number of rotatable bonds is 3. The van der Waals surface area contributed by atoms with Crippen molar-refractivity contribution in [2.75, 3.05) is 11.5 Å². The third-order valence-corrected chi connectivity index (χ3v) is 4.61. The summed E-state index contributed by atoms with van der Waals surface area (Å²) in [5.74, 6) is 0. The molecule has 0 aliphatic rings. The number of nitrogens with two attached hydrogens (primary N) is 2. The summed E-state index contributed by atoms with van der Waals surface area (Å²) in [5.41, 5.74) is 20.8. The van der Waals surface area contributed by atoms with Crippen LogP contribution in [0.1, 0.15) is 0 Å². The summed E-state index contributed by atoms with van der Waals surface area (Å²) >= 11 is 0. The number of hydrogen-bond acceptors (Lipinski definition) is 2. The largest absolute Gasteiger partial charge is 0.398 e. The van der Waals surface area contributed by atoms with Crippen LogP contribution in [0.4, 0.5) is 11.4 Å². The van der Waals surface area contributed by atoms with Crippen molar-refractivity contribution in [3.63, 3.8) is 0 Å². The first kappa shape index (κ1) is 16.0. The number of anilines is 2. The third-order valence-electron chi connectivity index (χ3n) is 4.61. The van der Waals surface area contributed by atoms with Gasteiger partial charge in [0.05, 0.1) is 0 Å². The Hall–Kier alpha value is -3.52. The lowest BCUT2D eigenvalue weighted by molar-refractivity contribution is 1.55. The molecule has 2 heteroatoms. The Labute approximate surface area is 153 Å². The quantitative estimate of drug-likeness (QED) is 0.461. The van der Waals surface area contributed by atoms with E-state index in [2.05, 4.69) is 36.4 Å². The van der Waals surface area contributed by atoms with Crippen LogP contribution in [0, 0.1) is 0 Å².